The van der Waals surface area contributed by atoms with Crippen LogP contribution in [0.3, 0.4) is 0 Å². The fraction of sp³-hybridized carbons (Fsp3) is 0.455. The highest BCUT2D eigenvalue weighted by Crippen LogP contribution is 2.34. The van der Waals surface area contributed by atoms with Gasteiger partial charge < -0.3 is 9.47 Å². The smallest absolute Gasteiger partial charge is 0.312 e. The van der Waals surface area contributed by atoms with E-state index in [1.54, 1.807) is 0 Å². The number of rotatable bonds is 4. The average Bonchev–Trinajstić information content (AvgIpc) is 2.38. The van der Waals surface area contributed by atoms with Crippen LogP contribution in [0.1, 0.15) is 12.8 Å². The topological polar surface area (TPSA) is 95.7 Å². The van der Waals surface area contributed by atoms with Crippen LogP contribution in [-0.2, 0) is 13.8 Å². The quantitative estimate of drug-likeness (QED) is 0.474. The van der Waals surface area contributed by atoms with Crippen LogP contribution in [0, 0.1) is 15.9 Å². The molecule has 0 bridgehead atoms. The lowest BCUT2D eigenvalue weighted by Gasteiger charge is -2.23. The Balaban J connectivity index is 2.40. The Morgan fingerprint density at radius 2 is 2.00 bits per heavy atom. The van der Waals surface area contributed by atoms with E-state index in [9.17, 15) is 22.9 Å². The molecule has 1 aliphatic rings. The monoisotopic (exact) mass is 339 g/mol. The molecule has 1 aliphatic heterocycles. The maximum Gasteiger partial charge on any atom is 0.312 e. The van der Waals surface area contributed by atoms with Crippen LogP contribution in [0.4, 0.5) is 10.1 Å². The zero-order valence-electron chi connectivity index (χ0n) is 10.6. The van der Waals surface area contributed by atoms with Crippen molar-refractivity contribution in [3.8, 4) is 5.75 Å². The van der Waals surface area contributed by atoms with Gasteiger partial charge in [0.15, 0.2) is 5.75 Å². The fourth-order valence-electron chi connectivity index (χ4n) is 1.92. The minimum atomic E-state index is -4.42. The van der Waals surface area contributed by atoms with Gasteiger partial charge in [-0.15, -0.1) is 0 Å². The molecule has 1 aromatic rings. The molecule has 0 atom stereocenters. The Morgan fingerprint density at radius 1 is 1.38 bits per heavy atom. The Labute approximate surface area is 124 Å². The van der Waals surface area contributed by atoms with Gasteiger partial charge >= 0.3 is 5.69 Å². The number of hydrogen-bond acceptors (Lipinski definition) is 6. The molecule has 0 radical (unpaired) electrons. The maximum absolute atomic E-state index is 13.8. The van der Waals surface area contributed by atoms with Gasteiger partial charge in [0.2, 0.25) is 0 Å². The van der Waals surface area contributed by atoms with Crippen molar-refractivity contribution in [1.82, 2.24) is 0 Å². The molecule has 0 unspecified atom stereocenters. The van der Waals surface area contributed by atoms with Crippen LogP contribution in [0.15, 0.2) is 17.0 Å². The first-order valence-corrected chi connectivity index (χ1v) is 8.27. The Morgan fingerprint density at radius 3 is 2.52 bits per heavy atom. The summed E-state index contributed by atoms with van der Waals surface area (Å²) in [5, 5.41) is 11.0. The van der Waals surface area contributed by atoms with Crippen molar-refractivity contribution in [2.75, 3.05) is 13.2 Å². The molecule has 0 N–H and O–H groups in total. The molecule has 1 fully saturated rings. The van der Waals surface area contributed by atoms with Crippen molar-refractivity contribution < 1.29 is 27.2 Å². The normalized spacial score (nSPS) is 16.7. The Kier molecular flexibility index (Phi) is 4.64. The summed E-state index contributed by atoms with van der Waals surface area (Å²) < 4.78 is 46.6. The third kappa shape index (κ3) is 3.80. The molecule has 1 heterocycles. The van der Waals surface area contributed by atoms with E-state index in [4.69, 9.17) is 20.2 Å². The van der Waals surface area contributed by atoms with Gasteiger partial charge in [-0.2, -0.15) is 0 Å². The lowest BCUT2D eigenvalue weighted by atomic mass is 10.1. The average molecular weight is 340 g/mol. The zero-order valence-corrected chi connectivity index (χ0v) is 12.2. The molecule has 0 aliphatic carbocycles. The molecule has 116 valence electrons. The maximum atomic E-state index is 13.8. The number of nitro groups is 1. The van der Waals surface area contributed by atoms with E-state index < -0.39 is 30.4 Å². The summed E-state index contributed by atoms with van der Waals surface area (Å²) >= 11 is 0. The molecular weight excluding hydrogens is 329 g/mol. The third-order valence-electron chi connectivity index (χ3n) is 2.93. The Hall–Kier alpha value is -1.45. The lowest BCUT2D eigenvalue weighted by Crippen LogP contribution is -2.26. The SMILES string of the molecule is O=[N+]([O-])c1cc(S(=O)(=O)Cl)c(F)cc1OC1CCOCC1. The van der Waals surface area contributed by atoms with Crippen molar-refractivity contribution >= 4 is 25.4 Å². The first-order chi connectivity index (χ1) is 9.79. The van der Waals surface area contributed by atoms with E-state index in [0.717, 1.165) is 0 Å². The number of nitro benzene ring substituents is 1. The number of halogens is 2. The molecule has 1 aromatic carbocycles. The van der Waals surface area contributed by atoms with Crippen LogP contribution in [0.2, 0.25) is 0 Å². The molecule has 0 amide bonds. The van der Waals surface area contributed by atoms with E-state index in [1.165, 1.54) is 0 Å². The predicted octanol–water partition coefficient (Wildman–Crippen LogP) is 2.22. The van der Waals surface area contributed by atoms with Gasteiger partial charge in [-0.05, 0) is 0 Å². The van der Waals surface area contributed by atoms with Gasteiger partial charge in [0.1, 0.15) is 16.8 Å². The number of benzene rings is 1. The van der Waals surface area contributed by atoms with Crippen LogP contribution < -0.4 is 4.74 Å². The van der Waals surface area contributed by atoms with E-state index in [2.05, 4.69) is 0 Å². The number of hydrogen-bond donors (Lipinski definition) is 0. The molecule has 0 spiro atoms. The lowest BCUT2D eigenvalue weighted by molar-refractivity contribution is -0.386. The molecule has 7 nitrogen and oxygen atoms in total. The van der Waals surface area contributed by atoms with Crippen molar-refractivity contribution in [2.24, 2.45) is 0 Å². The van der Waals surface area contributed by atoms with Crippen molar-refractivity contribution in [3.63, 3.8) is 0 Å². The minimum absolute atomic E-state index is 0.325. The van der Waals surface area contributed by atoms with Crippen LogP contribution in [0.25, 0.3) is 0 Å². The highest BCUT2D eigenvalue weighted by atomic mass is 35.7. The summed E-state index contributed by atoms with van der Waals surface area (Å²) in [5.41, 5.74) is -0.651. The molecular formula is C11H11ClFNO6S. The van der Waals surface area contributed by atoms with Crippen LogP contribution in [-0.4, -0.2) is 32.7 Å². The molecule has 2 rings (SSSR count). The summed E-state index contributed by atoms with van der Waals surface area (Å²) in [4.78, 5) is 9.20. The van der Waals surface area contributed by atoms with E-state index >= 15 is 0 Å². The second-order valence-corrected chi connectivity index (χ2v) is 6.91. The highest BCUT2D eigenvalue weighted by Gasteiger charge is 2.27. The van der Waals surface area contributed by atoms with Gasteiger partial charge in [0.05, 0.1) is 18.1 Å². The second-order valence-electron chi connectivity index (χ2n) is 4.37. The summed E-state index contributed by atoms with van der Waals surface area (Å²) in [7, 11) is 0.615. The molecule has 0 aromatic heterocycles. The number of ether oxygens (including phenoxy) is 2. The molecule has 1 saturated heterocycles. The predicted molar refractivity (Wildman–Crippen MR) is 70.6 cm³/mol. The summed E-state index contributed by atoms with van der Waals surface area (Å²) in [6.07, 6.45) is 0.665. The van der Waals surface area contributed by atoms with Crippen molar-refractivity contribution in [1.29, 1.82) is 0 Å². The van der Waals surface area contributed by atoms with Gasteiger partial charge in [0.25, 0.3) is 9.05 Å². The van der Waals surface area contributed by atoms with Gasteiger partial charge in [0, 0.05) is 35.7 Å². The van der Waals surface area contributed by atoms with Crippen molar-refractivity contribution in [2.45, 2.75) is 23.8 Å². The largest absolute Gasteiger partial charge is 0.483 e. The van der Waals surface area contributed by atoms with Crippen LogP contribution >= 0.6 is 10.7 Å². The van der Waals surface area contributed by atoms with Crippen molar-refractivity contribution in [3.05, 3.63) is 28.1 Å². The fourth-order valence-corrected chi connectivity index (χ4v) is 2.82. The molecule has 0 saturated carbocycles. The second kappa shape index (κ2) is 6.12. The van der Waals surface area contributed by atoms with Crippen LogP contribution in [0.5, 0.6) is 5.75 Å². The third-order valence-corrected chi connectivity index (χ3v) is 4.27. The first-order valence-electron chi connectivity index (χ1n) is 5.96. The summed E-state index contributed by atoms with van der Waals surface area (Å²) in [6, 6.07) is 1.23. The summed E-state index contributed by atoms with van der Waals surface area (Å²) in [6.45, 7) is 0.879. The Bertz CT molecular complexity index is 659. The highest BCUT2D eigenvalue weighted by molar-refractivity contribution is 8.13. The molecule has 10 heteroatoms. The first kappa shape index (κ1) is 15.9. The molecule has 21 heavy (non-hydrogen) atoms. The summed E-state index contributed by atoms with van der Waals surface area (Å²) in [5.74, 6) is -1.52. The van der Waals surface area contributed by atoms with E-state index in [-0.39, 0.29) is 11.9 Å². The number of nitrogens with zero attached hydrogens (tertiary/aromatic N) is 1. The van der Waals surface area contributed by atoms with Gasteiger partial charge in [-0.3, -0.25) is 10.1 Å². The van der Waals surface area contributed by atoms with E-state index in [1.807, 2.05) is 0 Å². The minimum Gasteiger partial charge on any atom is -0.483 e. The van der Waals surface area contributed by atoms with Gasteiger partial charge in [-0.1, -0.05) is 0 Å². The zero-order chi connectivity index (χ0) is 15.6. The standard InChI is InChI=1S/C11H11ClFNO6S/c12-21(17,18)11-6-9(14(15)16)10(5-8(11)13)20-7-1-3-19-4-2-7/h5-7H,1-4H2. The van der Waals surface area contributed by atoms with Gasteiger partial charge in [-0.25, -0.2) is 12.8 Å². The van der Waals surface area contributed by atoms with E-state index in [0.29, 0.717) is 38.2 Å².